The first kappa shape index (κ1) is 31.6. The Morgan fingerprint density at radius 1 is 1.03 bits per heavy atom. The Kier molecular flexibility index (Phi) is 12.9. The molecule has 0 aromatic heterocycles. The van der Waals surface area contributed by atoms with E-state index in [1.807, 2.05) is 26.8 Å². The average Bonchev–Trinajstić information content (AvgIpc) is 3.24. The summed E-state index contributed by atoms with van der Waals surface area (Å²) < 4.78 is 29.6. The number of carbonyl (C=O) groups excluding carboxylic acids is 1. The highest BCUT2D eigenvalue weighted by Crippen LogP contribution is 2.51. The van der Waals surface area contributed by atoms with Crippen molar-refractivity contribution in [3.63, 3.8) is 0 Å². The molecule has 0 aliphatic heterocycles. The molecule has 1 amide bonds. The lowest BCUT2D eigenvalue weighted by Gasteiger charge is -2.30. The molecule has 1 aliphatic carbocycles. The molecule has 1 saturated carbocycles. The lowest BCUT2D eigenvalue weighted by molar-refractivity contribution is 0.0478. The van der Waals surface area contributed by atoms with Gasteiger partial charge in [0.25, 0.3) is 0 Å². The molecule has 6 nitrogen and oxygen atoms in total. The fraction of sp³-hybridized carbons (Fsp3) is 0.700. The molecule has 0 bridgehead atoms. The molecule has 0 saturated heterocycles. The van der Waals surface area contributed by atoms with Crippen LogP contribution >= 0.6 is 7.60 Å². The smallest absolute Gasteiger partial charge is 0.408 e. The summed E-state index contributed by atoms with van der Waals surface area (Å²) in [5.41, 5.74) is 1.36. The van der Waals surface area contributed by atoms with Crippen LogP contribution < -0.4 is 5.32 Å². The van der Waals surface area contributed by atoms with Crippen molar-refractivity contribution in [2.24, 2.45) is 0 Å². The summed E-state index contributed by atoms with van der Waals surface area (Å²) in [7, 11) is -3.39. The number of unbranched alkanes of at least 4 members (excludes halogenated alkanes) is 5. The second-order valence-corrected chi connectivity index (χ2v) is 13.1. The second-order valence-electron chi connectivity index (χ2n) is 11.2. The molecule has 0 radical (unpaired) electrons. The van der Waals surface area contributed by atoms with Gasteiger partial charge in [0.1, 0.15) is 5.60 Å². The Bertz CT molecular complexity index is 882. The average molecular weight is 536 g/mol. The van der Waals surface area contributed by atoms with Crippen molar-refractivity contribution in [2.75, 3.05) is 13.2 Å². The Labute approximate surface area is 225 Å². The molecule has 1 aromatic carbocycles. The topological polar surface area (TPSA) is 73.9 Å². The molecule has 1 aliphatic rings. The third kappa shape index (κ3) is 11.3. The largest absolute Gasteiger partial charge is 0.444 e. The number of ether oxygens (including phenoxy) is 1. The first-order valence-electron chi connectivity index (χ1n) is 14.2. The fourth-order valence-electron chi connectivity index (χ4n) is 4.96. The summed E-state index contributed by atoms with van der Waals surface area (Å²) in [6.07, 6.45) is 12.6. The molecular weight excluding hydrogens is 485 g/mol. The predicted octanol–water partition coefficient (Wildman–Crippen LogP) is 8.90. The van der Waals surface area contributed by atoms with Gasteiger partial charge in [-0.1, -0.05) is 69.4 Å². The Hall–Kier alpha value is -1.62. The molecule has 1 N–H and O–H groups in total. The number of carbonyl (C=O) groups is 1. The summed E-state index contributed by atoms with van der Waals surface area (Å²) in [6.45, 7) is 11.9. The van der Waals surface area contributed by atoms with Crippen molar-refractivity contribution in [1.82, 2.24) is 5.32 Å². The van der Waals surface area contributed by atoms with Crippen LogP contribution in [0.4, 0.5) is 4.79 Å². The van der Waals surface area contributed by atoms with E-state index in [1.165, 1.54) is 55.5 Å². The van der Waals surface area contributed by atoms with Crippen LogP contribution in [0.25, 0.3) is 0 Å². The zero-order chi connectivity index (χ0) is 27.4. The summed E-state index contributed by atoms with van der Waals surface area (Å²) in [4.78, 5) is 12.8. The molecule has 0 spiro atoms. The van der Waals surface area contributed by atoms with Crippen LogP contribution in [0.2, 0.25) is 0 Å². The molecule has 0 heterocycles. The van der Waals surface area contributed by atoms with Crippen LogP contribution in [0.5, 0.6) is 0 Å². The van der Waals surface area contributed by atoms with Gasteiger partial charge in [-0.2, -0.15) is 0 Å². The first-order valence-corrected chi connectivity index (χ1v) is 15.8. The van der Waals surface area contributed by atoms with Crippen LogP contribution in [-0.4, -0.2) is 30.4 Å². The molecule has 37 heavy (non-hydrogen) atoms. The van der Waals surface area contributed by atoms with Gasteiger partial charge in [-0.25, -0.2) is 4.79 Å². The number of amides is 1. The minimum Gasteiger partial charge on any atom is -0.444 e. The van der Waals surface area contributed by atoms with Gasteiger partial charge in [-0.3, -0.25) is 4.57 Å². The van der Waals surface area contributed by atoms with E-state index in [0.29, 0.717) is 12.8 Å². The maximum Gasteiger partial charge on any atom is 0.408 e. The van der Waals surface area contributed by atoms with Crippen molar-refractivity contribution in [2.45, 2.75) is 123 Å². The molecule has 7 heteroatoms. The second kappa shape index (κ2) is 15.1. The Balaban J connectivity index is 2.12. The van der Waals surface area contributed by atoms with Crippen LogP contribution in [0.3, 0.4) is 0 Å². The number of hydrogen-bond acceptors (Lipinski definition) is 5. The molecule has 210 valence electrons. The minimum absolute atomic E-state index is 0.279. The van der Waals surface area contributed by atoms with E-state index in [-0.39, 0.29) is 19.1 Å². The highest BCUT2D eigenvalue weighted by atomic mass is 31.2. The summed E-state index contributed by atoms with van der Waals surface area (Å²) >= 11 is 0. The van der Waals surface area contributed by atoms with Crippen LogP contribution in [0, 0.1) is 0 Å². The van der Waals surface area contributed by atoms with Gasteiger partial charge in [0, 0.05) is 5.82 Å². The molecular formula is C30H50NO5P. The zero-order valence-electron chi connectivity index (χ0n) is 24.0. The van der Waals surface area contributed by atoms with Gasteiger partial charge in [0.15, 0.2) is 0 Å². The number of rotatable bonds is 15. The van der Waals surface area contributed by atoms with Gasteiger partial charge >= 0.3 is 13.7 Å². The van der Waals surface area contributed by atoms with E-state index >= 15 is 0 Å². The first-order chi connectivity index (χ1) is 17.5. The third-order valence-corrected chi connectivity index (χ3v) is 8.51. The Morgan fingerprint density at radius 3 is 2.24 bits per heavy atom. The van der Waals surface area contributed by atoms with E-state index in [0.717, 1.165) is 12.8 Å². The van der Waals surface area contributed by atoms with Gasteiger partial charge in [-0.05, 0) is 83.8 Å². The van der Waals surface area contributed by atoms with Crippen molar-refractivity contribution in [3.8, 4) is 0 Å². The van der Waals surface area contributed by atoms with Crippen molar-refractivity contribution in [3.05, 3.63) is 47.3 Å². The molecule has 1 aromatic rings. The zero-order valence-corrected chi connectivity index (χ0v) is 24.9. The van der Waals surface area contributed by atoms with Crippen molar-refractivity contribution >= 4 is 13.7 Å². The third-order valence-electron chi connectivity index (χ3n) is 6.76. The normalized spacial score (nSPS) is 20.4. The van der Waals surface area contributed by atoms with E-state index in [1.54, 1.807) is 13.8 Å². The quantitative estimate of drug-likeness (QED) is 0.179. The summed E-state index contributed by atoms with van der Waals surface area (Å²) in [5.74, 6) is 1.80. The maximum atomic E-state index is 13.1. The lowest BCUT2D eigenvalue weighted by Crippen LogP contribution is -2.47. The Morgan fingerprint density at radius 2 is 1.65 bits per heavy atom. The van der Waals surface area contributed by atoms with E-state index in [2.05, 4.69) is 36.5 Å². The number of hydrogen-bond donors (Lipinski definition) is 1. The van der Waals surface area contributed by atoms with Gasteiger partial charge in [0.05, 0.1) is 18.8 Å². The van der Waals surface area contributed by atoms with Crippen LogP contribution in [-0.2, 0) is 24.8 Å². The van der Waals surface area contributed by atoms with Gasteiger partial charge < -0.3 is 19.1 Å². The number of benzene rings is 1. The van der Waals surface area contributed by atoms with Crippen LogP contribution in [0.1, 0.15) is 116 Å². The number of nitrogens with one attached hydrogen (secondary N) is 1. The van der Waals surface area contributed by atoms with E-state index in [4.69, 9.17) is 13.8 Å². The minimum atomic E-state index is -3.39. The molecule has 2 atom stereocenters. The van der Waals surface area contributed by atoms with E-state index < -0.39 is 24.8 Å². The van der Waals surface area contributed by atoms with E-state index in [9.17, 15) is 9.36 Å². The number of alkyl carbamates (subject to hydrolysis) is 1. The van der Waals surface area contributed by atoms with Crippen molar-refractivity contribution < 1.29 is 23.1 Å². The van der Waals surface area contributed by atoms with Crippen LogP contribution in [0.15, 0.2) is 36.2 Å². The highest BCUT2D eigenvalue weighted by Gasteiger charge is 2.41. The molecule has 1 fully saturated rings. The summed E-state index contributed by atoms with van der Waals surface area (Å²) in [5, 5.41) is 3.09. The fourth-order valence-corrected chi connectivity index (χ4v) is 6.39. The summed E-state index contributed by atoms with van der Waals surface area (Å²) in [6, 6.07) is 8.96. The maximum absolute atomic E-state index is 13.1. The van der Waals surface area contributed by atoms with Gasteiger partial charge in [0.2, 0.25) is 0 Å². The highest BCUT2D eigenvalue weighted by molar-refractivity contribution is 7.57. The predicted molar refractivity (Wildman–Crippen MR) is 152 cm³/mol. The standard InChI is InChI=1S/C30H50NO5P/c1-7-10-11-12-13-14-15-25-16-18-26(19-17-25)27-20-21-30(24-27,31-28(32)36-29(4,5)6)22-23-37(33,34-8-2)35-9-3/h16-19,22-23,27H,7-15,20-21,24H2,1-6H3,(H,31,32)/t27-,30-/m0/s1. The van der Waals surface area contributed by atoms with Gasteiger partial charge in [-0.15, -0.1) is 0 Å². The lowest BCUT2D eigenvalue weighted by atomic mass is 9.91. The number of aryl methyl sites for hydroxylation is 1. The molecule has 0 unspecified atom stereocenters. The molecule has 2 rings (SSSR count). The van der Waals surface area contributed by atoms with Crippen molar-refractivity contribution in [1.29, 1.82) is 0 Å². The SMILES string of the molecule is CCCCCCCCc1ccc([C@H]2CC[C@@](C=CP(=O)(OCC)OCC)(NC(=O)OC(C)(C)C)C2)cc1. The monoisotopic (exact) mass is 535 g/mol.